The van der Waals surface area contributed by atoms with Crippen LogP contribution in [0.1, 0.15) is 71.6 Å². The van der Waals surface area contributed by atoms with E-state index in [9.17, 15) is 22.8 Å². The number of carbonyl (C=O) groups excluding carboxylic acids is 2. The third kappa shape index (κ3) is 2.66. The van der Waals surface area contributed by atoms with Crippen molar-refractivity contribution >= 4 is 12.1 Å². The number of ketones is 1. The molecule has 0 bridgehead atoms. The molecule has 0 aromatic carbocycles. The molecule has 0 aliphatic heterocycles. The highest BCUT2D eigenvalue weighted by molar-refractivity contribution is 5.98. The maximum atomic E-state index is 13.7. The molecule has 0 aromatic rings. The Labute approximate surface area is 159 Å². The summed E-state index contributed by atoms with van der Waals surface area (Å²) in [5, 5.41) is 0. The molecule has 4 aliphatic rings. The normalized spacial score (nSPS) is 44.6. The zero-order valence-electron chi connectivity index (χ0n) is 16.2. The molecule has 0 radical (unpaired) electrons. The van der Waals surface area contributed by atoms with Crippen molar-refractivity contribution in [2.24, 2.45) is 34.5 Å². The molecule has 0 amide bonds. The molecule has 3 saturated carbocycles. The summed E-state index contributed by atoms with van der Waals surface area (Å²) in [5.41, 5.74) is -0.769. The van der Waals surface area contributed by atoms with E-state index in [2.05, 4.69) is 6.92 Å². The van der Waals surface area contributed by atoms with Crippen LogP contribution in [0.15, 0.2) is 11.1 Å². The van der Waals surface area contributed by atoms with E-state index >= 15 is 0 Å². The van der Waals surface area contributed by atoms with Crippen LogP contribution in [-0.2, 0) is 9.59 Å². The van der Waals surface area contributed by atoms with Crippen LogP contribution >= 0.6 is 0 Å². The molecule has 4 rings (SSSR count). The third-order valence-corrected chi connectivity index (χ3v) is 8.99. The van der Waals surface area contributed by atoms with Crippen LogP contribution in [0, 0.1) is 34.5 Å². The number of aldehydes is 1. The SMILES string of the molecule is C[C@]12CC[C@H]3[C@@H](CCC4=C(C(F)(F)F)C(=O)CC[C@@]43C)[C@@H]1CC[C@@H]2CC=O. The van der Waals surface area contributed by atoms with Crippen molar-refractivity contribution in [3.8, 4) is 0 Å². The lowest BCUT2D eigenvalue weighted by Gasteiger charge is -2.58. The fraction of sp³-hybridized carbons (Fsp3) is 0.818. The molecule has 0 unspecified atom stereocenters. The Morgan fingerprint density at radius 1 is 1.04 bits per heavy atom. The summed E-state index contributed by atoms with van der Waals surface area (Å²) in [4.78, 5) is 23.3. The van der Waals surface area contributed by atoms with E-state index in [1.807, 2.05) is 6.92 Å². The minimum Gasteiger partial charge on any atom is -0.303 e. The number of fused-ring (bicyclic) bond motifs is 5. The van der Waals surface area contributed by atoms with Crippen LogP contribution in [-0.4, -0.2) is 18.2 Å². The van der Waals surface area contributed by atoms with Crippen molar-refractivity contribution in [2.75, 3.05) is 0 Å². The quantitative estimate of drug-likeness (QED) is 0.578. The summed E-state index contributed by atoms with van der Waals surface area (Å²) >= 11 is 0. The van der Waals surface area contributed by atoms with Crippen LogP contribution in [0.2, 0.25) is 0 Å². The first-order valence-electron chi connectivity index (χ1n) is 10.4. The van der Waals surface area contributed by atoms with Gasteiger partial charge in [0.05, 0.1) is 5.57 Å². The third-order valence-electron chi connectivity index (χ3n) is 8.99. The van der Waals surface area contributed by atoms with Gasteiger partial charge in [0.2, 0.25) is 0 Å². The Balaban J connectivity index is 1.71. The number of halogens is 3. The Hall–Kier alpha value is -1.13. The lowest BCUT2D eigenvalue weighted by molar-refractivity contribution is -0.135. The summed E-state index contributed by atoms with van der Waals surface area (Å²) in [6.45, 7) is 4.31. The second-order valence-corrected chi connectivity index (χ2v) is 9.83. The van der Waals surface area contributed by atoms with E-state index in [4.69, 9.17) is 0 Å². The van der Waals surface area contributed by atoms with Gasteiger partial charge in [-0.2, -0.15) is 13.2 Å². The topological polar surface area (TPSA) is 34.1 Å². The number of hydrogen-bond donors (Lipinski definition) is 0. The number of alkyl halides is 3. The molecular weight excluding hydrogens is 353 g/mol. The fourth-order valence-electron chi connectivity index (χ4n) is 7.66. The minimum absolute atomic E-state index is 0.0216. The number of hydrogen-bond acceptors (Lipinski definition) is 2. The van der Waals surface area contributed by atoms with E-state index < -0.39 is 22.9 Å². The number of carbonyl (C=O) groups is 2. The Bertz CT molecular complexity index is 694. The summed E-state index contributed by atoms with van der Waals surface area (Å²) in [7, 11) is 0. The van der Waals surface area contributed by atoms with Crippen molar-refractivity contribution < 1.29 is 22.8 Å². The van der Waals surface area contributed by atoms with Gasteiger partial charge in [0, 0.05) is 12.8 Å². The van der Waals surface area contributed by atoms with Gasteiger partial charge in [0.1, 0.15) is 6.29 Å². The lowest BCUT2D eigenvalue weighted by atomic mass is 9.46. The molecular formula is C22H29F3O2. The van der Waals surface area contributed by atoms with Gasteiger partial charge in [-0.1, -0.05) is 13.8 Å². The first kappa shape index (κ1) is 19.2. The molecule has 5 heteroatoms. The lowest BCUT2D eigenvalue weighted by Crippen LogP contribution is -2.51. The summed E-state index contributed by atoms with van der Waals surface area (Å²) in [5.74, 6) is 0.883. The first-order valence-corrected chi connectivity index (χ1v) is 10.4. The van der Waals surface area contributed by atoms with Crippen LogP contribution in [0.5, 0.6) is 0 Å². The van der Waals surface area contributed by atoms with Gasteiger partial charge >= 0.3 is 6.18 Å². The van der Waals surface area contributed by atoms with E-state index in [1.165, 1.54) is 0 Å². The molecule has 2 nitrogen and oxygen atoms in total. The zero-order valence-corrected chi connectivity index (χ0v) is 16.2. The molecule has 27 heavy (non-hydrogen) atoms. The molecule has 150 valence electrons. The molecule has 6 atom stereocenters. The van der Waals surface area contributed by atoms with E-state index in [0.717, 1.165) is 38.4 Å². The second-order valence-electron chi connectivity index (χ2n) is 9.83. The number of Topliss-reactive ketones (excluding diaryl/α,β-unsaturated/α-hetero) is 1. The largest absolute Gasteiger partial charge is 0.419 e. The summed E-state index contributed by atoms with van der Waals surface area (Å²) < 4.78 is 41.0. The summed E-state index contributed by atoms with van der Waals surface area (Å²) in [6, 6.07) is 0. The predicted molar refractivity (Wildman–Crippen MR) is 95.9 cm³/mol. The number of rotatable bonds is 2. The smallest absolute Gasteiger partial charge is 0.303 e. The van der Waals surface area contributed by atoms with Crippen LogP contribution < -0.4 is 0 Å². The van der Waals surface area contributed by atoms with Gasteiger partial charge in [0.25, 0.3) is 0 Å². The highest BCUT2D eigenvalue weighted by Gasteiger charge is 2.60. The molecule has 0 spiro atoms. The van der Waals surface area contributed by atoms with Crippen molar-refractivity contribution in [3.05, 3.63) is 11.1 Å². The average Bonchev–Trinajstić information content (AvgIpc) is 2.91. The highest BCUT2D eigenvalue weighted by atomic mass is 19.4. The fourth-order valence-corrected chi connectivity index (χ4v) is 7.66. The van der Waals surface area contributed by atoms with E-state index in [-0.39, 0.29) is 17.8 Å². The van der Waals surface area contributed by atoms with Crippen LogP contribution in [0.25, 0.3) is 0 Å². The van der Waals surface area contributed by atoms with Crippen molar-refractivity contribution in [1.82, 2.24) is 0 Å². The maximum Gasteiger partial charge on any atom is 0.419 e. The monoisotopic (exact) mass is 382 g/mol. The predicted octanol–water partition coefficient (Wildman–Crippen LogP) is 5.66. The van der Waals surface area contributed by atoms with Gasteiger partial charge < -0.3 is 4.79 Å². The second kappa shape index (κ2) is 6.18. The van der Waals surface area contributed by atoms with Crippen LogP contribution in [0.4, 0.5) is 13.2 Å². The number of allylic oxidation sites excluding steroid dienone is 1. The zero-order chi connectivity index (χ0) is 19.6. The average molecular weight is 382 g/mol. The molecule has 0 heterocycles. The van der Waals surface area contributed by atoms with Gasteiger partial charge in [-0.15, -0.1) is 0 Å². The summed E-state index contributed by atoms with van der Waals surface area (Å²) in [6.07, 6.45) is 2.94. The molecule has 0 saturated heterocycles. The van der Waals surface area contributed by atoms with Crippen molar-refractivity contribution in [2.45, 2.75) is 77.8 Å². The molecule has 0 aromatic heterocycles. The molecule has 3 fully saturated rings. The van der Waals surface area contributed by atoms with Gasteiger partial charge in [-0.25, -0.2) is 0 Å². The Morgan fingerprint density at radius 3 is 2.44 bits per heavy atom. The van der Waals surface area contributed by atoms with Gasteiger partial charge in [0.15, 0.2) is 5.78 Å². The molecule has 4 aliphatic carbocycles. The standard InChI is InChI=1S/C22H29F3O2/c1-20-10-7-16-14(15(20)5-3-13(20)9-12-26)4-6-17-19(22(23,24)25)18(27)8-11-21(16,17)2/h12-16H,3-11H2,1-2H3/t13-,14+,15+,16+,20-,21-/m1/s1. The maximum absolute atomic E-state index is 13.7. The first-order chi connectivity index (χ1) is 12.6. The Kier molecular flexibility index (Phi) is 4.40. The Morgan fingerprint density at radius 2 is 1.78 bits per heavy atom. The van der Waals surface area contributed by atoms with Crippen molar-refractivity contribution in [3.63, 3.8) is 0 Å². The minimum atomic E-state index is -4.54. The van der Waals surface area contributed by atoms with Gasteiger partial charge in [-0.3, -0.25) is 4.79 Å². The molecule has 0 N–H and O–H groups in total. The van der Waals surface area contributed by atoms with Crippen molar-refractivity contribution in [1.29, 1.82) is 0 Å². The van der Waals surface area contributed by atoms with Crippen LogP contribution in [0.3, 0.4) is 0 Å². The van der Waals surface area contributed by atoms with E-state index in [1.54, 1.807) is 0 Å². The van der Waals surface area contributed by atoms with E-state index in [0.29, 0.717) is 42.6 Å². The van der Waals surface area contributed by atoms with Gasteiger partial charge in [-0.05, 0) is 85.0 Å². The highest BCUT2D eigenvalue weighted by Crippen LogP contribution is 2.67.